The molecule has 3 unspecified atom stereocenters. The fraction of sp³-hybridized carbons (Fsp3) is 0.519. The second-order valence-electron chi connectivity index (χ2n) is 17.5. The first-order valence-electron chi connectivity index (χ1n) is 24.2. The van der Waals surface area contributed by atoms with Gasteiger partial charge in [0.1, 0.15) is 0 Å². The fourth-order valence-electron chi connectivity index (χ4n) is 8.40. The maximum atomic E-state index is 12.7. The molecule has 0 radical (unpaired) electrons. The van der Waals surface area contributed by atoms with Crippen LogP contribution in [0.4, 0.5) is 11.4 Å². The highest BCUT2D eigenvalue weighted by Crippen LogP contribution is 2.39. The van der Waals surface area contributed by atoms with Crippen molar-refractivity contribution in [2.24, 2.45) is 0 Å². The van der Waals surface area contributed by atoms with Crippen LogP contribution in [0, 0.1) is 0 Å². The lowest BCUT2D eigenvalue weighted by molar-refractivity contribution is -0.253. The summed E-state index contributed by atoms with van der Waals surface area (Å²) in [4.78, 5) is 27.7. The first-order chi connectivity index (χ1) is 30.8. The van der Waals surface area contributed by atoms with Gasteiger partial charge in [0.2, 0.25) is 11.8 Å². The van der Waals surface area contributed by atoms with E-state index in [1.807, 2.05) is 36.4 Å². The molecule has 4 aromatic carbocycles. The number of aliphatic hydroxyl groups excluding tert-OH is 1. The Morgan fingerprint density at radius 2 is 1.27 bits per heavy atom. The number of amides is 2. The maximum Gasteiger partial charge on any atom is 0.224 e. The molecule has 1 heterocycles. The van der Waals surface area contributed by atoms with Crippen molar-refractivity contribution in [3.8, 4) is 11.1 Å². The predicted octanol–water partition coefficient (Wildman–Crippen LogP) is 12.2. The Morgan fingerprint density at radius 3 is 1.94 bits per heavy atom. The SMILES string of the molecule is CCCCCCCCN(CCCCCCCC)CC1CC(c2ccc(CO)cc2)OC(c2ccc(-c3cccc(CNC(=O)CCCCCC(=O)Nc4ccccc4N)c3)cc2)O1. The largest absolute Gasteiger partial charge is 0.397 e. The van der Waals surface area contributed by atoms with Crippen molar-refractivity contribution in [1.82, 2.24) is 10.2 Å². The van der Waals surface area contributed by atoms with Crippen LogP contribution >= 0.6 is 0 Å². The van der Waals surface area contributed by atoms with Gasteiger partial charge in [-0.3, -0.25) is 9.59 Å². The number of nitrogen functional groups attached to an aromatic ring is 1. The van der Waals surface area contributed by atoms with E-state index in [4.69, 9.17) is 15.2 Å². The van der Waals surface area contributed by atoms with Gasteiger partial charge in [-0.15, -0.1) is 0 Å². The second-order valence-corrected chi connectivity index (χ2v) is 17.5. The second kappa shape index (κ2) is 28.3. The third-order valence-electron chi connectivity index (χ3n) is 12.2. The van der Waals surface area contributed by atoms with E-state index in [1.165, 1.54) is 77.0 Å². The molecule has 0 saturated carbocycles. The van der Waals surface area contributed by atoms with Gasteiger partial charge < -0.3 is 35.8 Å². The zero-order chi connectivity index (χ0) is 44.5. The number of para-hydroxylation sites is 2. The summed E-state index contributed by atoms with van der Waals surface area (Å²) in [6.07, 6.45) is 18.7. The van der Waals surface area contributed by atoms with Gasteiger partial charge in [-0.1, -0.05) is 163 Å². The summed E-state index contributed by atoms with van der Waals surface area (Å²) >= 11 is 0. The number of carbonyl (C=O) groups excluding carboxylic acids is 2. The molecule has 0 aromatic heterocycles. The van der Waals surface area contributed by atoms with Gasteiger partial charge in [0.25, 0.3) is 0 Å². The highest BCUT2D eigenvalue weighted by Gasteiger charge is 2.33. The number of hydrogen-bond acceptors (Lipinski definition) is 7. The first-order valence-corrected chi connectivity index (χ1v) is 24.2. The number of nitrogens with two attached hydrogens (primary N) is 1. The minimum atomic E-state index is -0.502. The van der Waals surface area contributed by atoms with Gasteiger partial charge in [-0.25, -0.2) is 0 Å². The average Bonchev–Trinajstić information content (AvgIpc) is 3.31. The summed E-state index contributed by atoms with van der Waals surface area (Å²) in [5.41, 5.74) is 13.3. The minimum absolute atomic E-state index is 0.00707. The van der Waals surface area contributed by atoms with Crippen molar-refractivity contribution in [1.29, 1.82) is 0 Å². The highest BCUT2D eigenvalue weighted by atomic mass is 16.7. The van der Waals surface area contributed by atoms with Crippen LogP contribution in [0.15, 0.2) is 97.1 Å². The van der Waals surface area contributed by atoms with Gasteiger partial charge in [-0.05, 0) is 84.8 Å². The number of unbranched alkanes of at least 4 members (excludes halogenated alkanes) is 12. The number of benzene rings is 4. The van der Waals surface area contributed by atoms with Crippen LogP contribution in [0.1, 0.15) is 164 Å². The predicted molar refractivity (Wildman–Crippen MR) is 258 cm³/mol. The van der Waals surface area contributed by atoms with E-state index >= 15 is 0 Å². The number of nitrogens with zero attached hydrogens (tertiary/aromatic N) is 1. The molecule has 3 atom stereocenters. The van der Waals surface area contributed by atoms with Crippen LogP contribution in [0.5, 0.6) is 0 Å². The zero-order valence-corrected chi connectivity index (χ0v) is 38.3. The van der Waals surface area contributed by atoms with Crippen molar-refractivity contribution in [2.75, 3.05) is 30.7 Å². The van der Waals surface area contributed by atoms with Crippen molar-refractivity contribution in [2.45, 2.75) is 161 Å². The average molecular weight is 861 g/mol. The zero-order valence-electron chi connectivity index (χ0n) is 38.3. The Kier molecular flexibility index (Phi) is 22.2. The lowest BCUT2D eigenvalue weighted by Gasteiger charge is -2.38. The monoisotopic (exact) mass is 861 g/mol. The molecule has 5 rings (SSSR count). The summed E-state index contributed by atoms with van der Waals surface area (Å²) in [7, 11) is 0. The molecule has 0 bridgehead atoms. The van der Waals surface area contributed by atoms with E-state index in [1.54, 1.807) is 12.1 Å². The molecule has 1 saturated heterocycles. The molecular weight excluding hydrogens is 785 g/mol. The quantitative estimate of drug-likeness (QED) is 0.0316. The van der Waals surface area contributed by atoms with Crippen molar-refractivity contribution in [3.05, 3.63) is 119 Å². The topological polar surface area (TPSA) is 126 Å². The summed E-state index contributed by atoms with van der Waals surface area (Å²) in [5, 5.41) is 15.6. The third-order valence-corrected chi connectivity index (χ3v) is 12.2. The molecule has 0 aliphatic carbocycles. The molecule has 4 aromatic rings. The lowest BCUT2D eigenvalue weighted by Crippen LogP contribution is -2.40. The van der Waals surface area contributed by atoms with E-state index in [9.17, 15) is 14.7 Å². The molecule has 0 spiro atoms. The molecule has 342 valence electrons. The molecular formula is C54H76N4O5. The van der Waals surface area contributed by atoms with E-state index in [0.717, 1.165) is 72.3 Å². The van der Waals surface area contributed by atoms with Gasteiger partial charge in [-0.2, -0.15) is 0 Å². The number of carbonyl (C=O) groups is 2. The number of anilines is 2. The van der Waals surface area contributed by atoms with Gasteiger partial charge >= 0.3 is 0 Å². The molecule has 9 nitrogen and oxygen atoms in total. The van der Waals surface area contributed by atoms with Gasteiger partial charge in [0.05, 0.1) is 30.2 Å². The molecule has 9 heteroatoms. The Hall–Kier alpha value is -4.54. The van der Waals surface area contributed by atoms with Crippen LogP contribution in [0.2, 0.25) is 0 Å². The molecule has 1 fully saturated rings. The van der Waals surface area contributed by atoms with Crippen molar-refractivity contribution < 1.29 is 24.2 Å². The highest BCUT2D eigenvalue weighted by molar-refractivity contribution is 5.93. The van der Waals surface area contributed by atoms with Gasteiger partial charge in [0.15, 0.2) is 6.29 Å². The van der Waals surface area contributed by atoms with E-state index < -0.39 is 6.29 Å². The van der Waals surface area contributed by atoms with Crippen LogP contribution in [-0.4, -0.2) is 47.6 Å². The van der Waals surface area contributed by atoms with Crippen LogP contribution in [0.25, 0.3) is 11.1 Å². The van der Waals surface area contributed by atoms with Crippen LogP contribution in [0.3, 0.4) is 0 Å². The maximum absolute atomic E-state index is 12.7. The molecule has 5 N–H and O–H groups in total. The first kappa shape index (κ1) is 49.5. The summed E-state index contributed by atoms with van der Waals surface area (Å²) in [6, 6.07) is 32.2. The molecule has 1 aliphatic heterocycles. The summed E-state index contributed by atoms with van der Waals surface area (Å²) in [5.74, 6) is -0.0613. The number of nitrogens with one attached hydrogen (secondary N) is 2. The lowest BCUT2D eigenvalue weighted by atomic mass is 9.98. The Balaban J connectivity index is 1.15. The van der Waals surface area contributed by atoms with Gasteiger partial charge in [0, 0.05) is 37.9 Å². The fourth-order valence-corrected chi connectivity index (χ4v) is 8.40. The van der Waals surface area contributed by atoms with E-state index in [0.29, 0.717) is 37.2 Å². The van der Waals surface area contributed by atoms with Crippen molar-refractivity contribution in [3.63, 3.8) is 0 Å². The van der Waals surface area contributed by atoms with Crippen molar-refractivity contribution >= 4 is 23.2 Å². The Morgan fingerprint density at radius 1 is 0.651 bits per heavy atom. The Bertz CT molecular complexity index is 1890. The standard InChI is InChI=1S/C54H76N4O5/c1-3-5-7-9-11-18-35-58(36-19-12-10-8-6-4-2)40-48-38-51(45-29-27-42(41-59)28-30-45)63-54(62-48)46-33-31-44(32-34-46)47-22-20-21-43(37-47)39-56-52(60)25-14-13-15-26-53(61)57-50-24-17-16-23-49(50)55/h16-17,20-24,27-34,37,48,51,54,59H,3-15,18-19,25-26,35-36,38-41,55H2,1-2H3,(H,56,60)(H,57,61). The number of aliphatic hydroxyl groups is 1. The number of ether oxygens (including phenoxy) is 2. The summed E-state index contributed by atoms with van der Waals surface area (Å²) < 4.78 is 13.6. The normalized spacial score (nSPS) is 16.3. The van der Waals surface area contributed by atoms with Crippen LogP contribution < -0.4 is 16.4 Å². The van der Waals surface area contributed by atoms with E-state index in [2.05, 4.69) is 77.9 Å². The van der Waals surface area contributed by atoms with E-state index in [-0.39, 0.29) is 30.6 Å². The third kappa shape index (κ3) is 17.9. The smallest absolute Gasteiger partial charge is 0.224 e. The number of rotatable bonds is 29. The molecule has 1 aliphatic rings. The molecule has 63 heavy (non-hydrogen) atoms. The Labute approximate surface area is 378 Å². The molecule has 2 amide bonds. The van der Waals surface area contributed by atoms with Crippen LogP contribution in [-0.2, 0) is 32.2 Å². The minimum Gasteiger partial charge on any atom is -0.397 e. The summed E-state index contributed by atoms with van der Waals surface area (Å²) in [6.45, 7) is 8.12. The number of hydrogen-bond donors (Lipinski definition) is 4.